The Bertz CT molecular complexity index is 1700. The van der Waals surface area contributed by atoms with Crippen LogP contribution in [0.1, 0.15) is 25.0 Å². The predicted molar refractivity (Wildman–Crippen MR) is 180 cm³/mol. The summed E-state index contributed by atoms with van der Waals surface area (Å²) >= 11 is 3.44. The zero-order chi connectivity index (χ0) is 33.3. The van der Waals surface area contributed by atoms with E-state index in [0.717, 1.165) is 32.0 Å². The highest BCUT2D eigenvalue weighted by atomic mass is 79.9. The van der Waals surface area contributed by atoms with Gasteiger partial charge in [-0.1, -0.05) is 72.2 Å². The van der Waals surface area contributed by atoms with Crippen molar-refractivity contribution in [3.63, 3.8) is 0 Å². The summed E-state index contributed by atoms with van der Waals surface area (Å²) in [4.78, 5) is 29.6. The van der Waals surface area contributed by atoms with Gasteiger partial charge in [-0.2, -0.15) is 0 Å². The van der Waals surface area contributed by atoms with Crippen molar-refractivity contribution < 1.29 is 27.1 Å². The molecule has 1 N–H and O–H groups in total. The van der Waals surface area contributed by atoms with Gasteiger partial charge in [0, 0.05) is 24.0 Å². The quantitative estimate of drug-likeness (QED) is 0.168. The van der Waals surface area contributed by atoms with Gasteiger partial charge in [0.15, 0.2) is 0 Å². The molecule has 242 valence electrons. The van der Waals surface area contributed by atoms with Crippen LogP contribution in [0.2, 0.25) is 0 Å². The molecule has 11 heteroatoms. The number of hydrogen-bond donors (Lipinski definition) is 1. The van der Waals surface area contributed by atoms with E-state index in [0.29, 0.717) is 12.3 Å². The van der Waals surface area contributed by atoms with Crippen LogP contribution in [-0.2, 0) is 32.6 Å². The molecule has 4 rings (SSSR count). The van der Waals surface area contributed by atoms with E-state index in [1.54, 1.807) is 0 Å². The summed E-state index contributed by atoms with van der Waals surface area (Å²) in [5, 5.41) is 2.97. The minimum Gasteiger partial charge on any atom is -0.497 e. The molecule has 0 heterocycles. The number of anilines is 1. The average molecular weight is 711 g/mol. The van der Waals surface area contributed by atoms with E-state index in [1.165, 1.54) is 48.4 Å². The number of sulfonamides is 1. The number of carbonyl (C=O) groups excluding carboxylic acids is 2. The highest BCUT2D eigenvalue weighted by Gasteiger charge is 2.34. The van der Waals surface area contributed by atoms with Crippen LogP contribution in [0.5, 0.6) is 5.75 Å². The normalized spacial score (nSPS) is 12.0. The number of benzene rings is 4. The second kappa shape index (κ2) is 15.9. The SMILES string of the molecule is COc1ccc(S(=O)(=O)N(CC(=O)N(Cc2ccc(Br)cc2)[C@H](Cc2ccccc2)C(=O)NCC(C)C)c2ccc(F)cc2)cc1. The van der Waals surface area contributed by atoms with Gasteiger partial charge in [-0.15, -0.1) is 0 Å². The molecular weight excluding hydrogens is 673 g/mol. The van der Waals surface area contributed by atoms with Crippen molar-refractivity contribution in [2.24, 2.45) is 5.92 Å². The largest absolute Gasteiger partial charge is 0.497 e. The molecule has 2 amide bonds. The molecule has 0 aromatic heterocycles. The first-order valence-electron chi connectivity index (χ1n) is 14.8. The van der Waals surface area contributed by atoms with Crippen molar-refractivity contribution in [3.8, 4) is 5.75 Å². The van der Waals surface area contributed by atoms with E-state index in [1.807, 2.05) is 68.4 Å². The Balaban J connectivity index is 1.79. The lowest BCUT2D eigenvalue weighted by atomic mass is 10.0. The number of methoxy groups -OCH3 is 1. The van der Waals surface area contributed by atoms with Crippen molar-refractivity contribution in [2.45, 2.75) is 37.8 Å². The molecule has 0 saturated heterocycles. The number of nitrogens with zero attached hydrogens (tertiary/aromatic N) is 2. The van der Waals surface area contributed by atoms with Crippen molar-refractivity contribution in [1.29, 1.82) is 0 Å². The first-order valence-corrected chi connectivity index (χ1v) is 17.0. The number of halogens is 2. The minimum absolute atomic E-state index is 0.0402. The molecule has 0 saturated carbocycles. The zero-order valence-electron chi connectivity index (χ0n) is 25.9. The Morgan fingerprint density at radius 3 is 2.09 bits per heavy atom. The van der Waals surface area contributed by atoms with Gasteiger partial charge in [0.1, 0.15) is 24.2 Å². The lowest BCUT2D eigenvalue weighted by Gasteiger charge is -2.34. The predicted octanol–water partition coefficient (Wildman–Crippen LogP) is 6.20. The Morgan fingerprint density at radius 1 is 0.870 bits per heavy atom. The summed E-state index contributed by atoms with van der Waals surface area (Å²) in [6, 6.07) is 26.4. The summed E-state index contributed by atoms with van der Waals surface area (Å²) in [5.41, 5.74) is 1.68. The van der Waals surface area contributed by atoms with Gasteiger partial charge >= 0.3 is 0 Å². The lowest BCUT2D eigenvalue weighted by Crippen LogP contribution is -2.53. The summed E-state index contributed by atoms with van der Waals surface area (Å²) in [5.74, 6) is -0.890. The fourth-order valence-corrected chi connectivity index (χ4v) is 6.45. The standard InChI is InChI=1S/C35H37BrFN3O5S/c1-25(2)22-38-35(42)33(21-26-7-5-4-6-8-26)39(23-27-9-11-28(36)12-10-27)34(41)24-40(30-15-13-29(37)14-16-30)46(43,44)32-19-17-31(45-3)18-20-32/h4-20,25,33H,21-24H2,1-3H3,(H,38,42)/t33-/m1/s1. The molecule has 8 nitrogen and oxygen atoms in total. The van der Waals surface area contributed by atoms with E-state index in [4.69, 9.17) is 4.74 Å². The number of hydrogen-bond acceptors (Lipinski definition) is 5. The molecule has 0 aliphatic carbocycles. The highest BCUT2D eigenvalue weighted by molar-refractivity contribution is 9.10. The molecule has 1 atom stereocenters. The molecule has 0 spiro atoms. The topological polar surface area (TPSA) is 96.0 Å². The van der Waals surface area contributed by atoms with Gasteiger partial charge in [0.2, 0.25) is 11.8 Å². The number of carbonyl (C=O) groups is 2. The first-order chi connectivity index (χ1) is 22.0. The van der Waals surface area contributed by atoms with Gasteiger partial charge in [0.25, 0.3) is 10.0 Å². The molecule has 0 aliphatic rings. The third-order valence-electron chi connectivity index (χ3n) is 7.26. The van der Waals surface area contributed by atoms with Crippen molar-refractivity contribution in [3.05, 3.63) is 125 Å². The van der Waals surface area contributed by atoms with Crippen LogP contribution in [-0.4, -0.2) is 51.4 Å². The molecule has 0 radical (unpaired) electrons. The van der Waals surface area contributed by atoms with Gasteiger partial charge in [0.05, 0.1) is 17.7 Å². The fraction of sp³-hybridized carbons (Fsp3) is 0.257. The Hall–Kier alpha value is -4.22. The number of rotatable bonds is 14. The summed E-state index contributed by atoms with van der Waals surface area (Å²) in [6.07, 6.45) is 0.203. The fourth-order valence-electron chi connectivity index (χ4n) is 4.77. The number of ether oxygens (including phenoxy) is 1. The molecule has 4 aromatic carbocycles. The number of nitrogens with one attached hydrogen (secondary N) is 1. The third kappa shape index (κ3) is 9.17. The van der Waals surface area contributed by atoms with E-state index in [9.17, 15) is 22.4 Å². The van der Waals surface area contributed by atoms with Crippen LogP contribution in [0.25, 0.3) is 0 Å². The second-order valence-corrected chi connectivity index (χ2v) is 13.9. The number of amides is 2. The summed E-state index contributed by atoms with van der Waals surface area (Å²) in [7, 11) is -2.86. The maximum atomic E-state index is 14.5. The molecule has 0 unspecified atom stereocenters. The average Bonchev–Trinajstić information content (AvgIpc) is 3.05. The van der Waals surface area contributed by atoms with Crippen LogP contribution in [0, 0.1) is 11.7 Å². The van der Waals surface area contributed by atoms with Gasteiger partial charge in [-0.05, 0) is 77.7 Å². The summed E-state index contributed by atoms with van der Waals surface area (Å²) < 4.78 is 49.1. The smallest absolute Gasteiger partial charge is 0.264 e. The highest BCUT2D eigenvalue weighted by Crippen LogP contribution is 2.27. The van der Waals surface area contributed by atoms with Crippen LogP contribution >= 0.6 is 15.9 Å². The molecule has 4 aromatic rings. The molecular formula is C35H37BrFN3O5S. The Labute approximate surface area is 278 Å². The molecule has 46 heavy (non-hydrogen) atoms. The van der Waals surface area contributed by atoms with Crippen LogP contribution < -0.4 is 14.4 Å². The third-order valence-corrected chi connectivity index (χ3v) is 9.58. The van der Waals surface area contributed by atoms with Gasteiger partial charge < -0.3 is 15.0 Å². The Kier molecular flexibility index (Phi) is 11.9. The lowest BCUT2D eigenvalue weighted by molar-refractivity contribution is -0.140. The van der Waals surface area contributed by atoms with E-state index in [-0.39, 0.29) is 35.4 Å². The Morgan fingerprint density at radius 2 is 1.50 bits per heavy atom. The van der Waals surface area contributed by atoms with E-state index >= 15 is 0 Å². The van der Waals surface area contributed by atoms with Gasteiger partial charge in [-0.3, -0.25) is 13.9 Å². The maximum Gasteiger partial charge on any atom is 0.264 e. The first kappa shape index (κ1) is 34.6. The summed E-state index contributed by atoms with van der Waals surface area (Å²) in [6.45, 7) is 3.75. The monoisotopic (exact) mass is 709 g/mol. The molecule has 0 aliphatic heterocycles. The van der Waals surface area contributed by atoms with Crippen LogP contribution in [0.15, 0.2) is 112 Å². The van der Waals surface area contributed by atoms with Gasteiger partial charge in [-0.25, -0.2) is 12.8 Å². The van der Waals surface area contributed by atoms with Crippen molar-refractivity contribution in [2.75, 3.05) is 24.5 Å². The van der Waals surface area contributed by atoms with E-state index in [2.05, 4.69) is 21.2 Å². The molecule has 0 bridgehead atoms. The van der Waals surface area contributed by atoms with Crippen LogP contribution in [0.3, 0.4) is 0 Å². The zero-order valence-corrected chi connectivity index (χ0v) is 28.3. The van der Waals surface area contributed by atoms with Crippen molar-refractivity contribution >= 4 is 43.5 Å². The minimum atomic E-state index is -4.32. The van der Waals surface area contributed by atoms with Crippen molar-refractivity contribution in [1.82, 2.24) is 10.2 Å². The molecule has 0 fully saturated rings. The van der Waals surface area contributed by atoms with Crippen LogP contribution in [0.4, 0.5) is 10.1 Å². The second-order valence-electron chi connectivity index (χ2n) is 11.2. The maximum absolute atomic E-state index is 14.5. The van der Waals surface area contributed by atoms with E-state index < -0.39 is 34.3 Å².